The van der Waals surface area contributed by atoms with Crippen molar-refractivity contribution in [3.05, 3.63) is 77.3 Å². The van der Waals surface area contributed by atoms with Crippen LogP contribution in [0.3, 0.4) is 0 Å². The third-order valence-corrected chi connectivity index (χ3v) is 6.95. The average Bonchev–Trinajstić information content (AvgIpc) is 2.75. The molecule has 1 aliphatic heterocycles. The first-order valence-corrected chi connectivity index (χ1v) is 11.5. The van der Waals surface area contributed by atoms with Crippen LogP contribution >= 0.6 is 11.6 Å². The van der Waals surface area contributed by atoms with Gasteiger partial charge >= 0.3 is 0 Å². The minimum Gasteiger partial charge on any atom is -0.379 e. The number of fused-ring (bicyclic) bond motifs is 1. The van der Waals surface area contributed by atoms with Gasteiger partial charge < -0.3 is 4.74 Å². The number of ether oxygens (including phenoxy) is 1. The molecule has 0 saturated carbocycles. The van der Waals surface area contributed by atoms with Gasteiger partial charge in [0.1, 0.15) is 0 Å². The van der Waals surface area contributed by atoms with Gasteiger partial charge in [-0.05, 0) is 40.6 Å². The zero-order valence-electron chi connectivity index (χ0n) is 15.9. The van der Waals surface area contributed by atoms with E-state index in [-0.39, 0.29) is 17.5 Å². The Balaban J connectivity index is 1.65. The van der Waals surface area contributed by atoms with Gasteiger partial charge in [-0.15, -0.1) is 0 Å². The molecule has 0 aromatic heterocycles. The Morgan fingerprint density at radius 1 is 0.966 bits per heavy atom. The highest BCUT2D eigenvalue weighted by molar-refractivity contribution is 7.89. The van der Waals surface area contributed by atoms with Crippen molar-refractivity contribution in [2.75, 3.05) is 32.8 Å². The summed E-state index contributed by atoms with van der Waals surface area (Å²) in [5, 5.41) is 2.78. The second kappa shape index (κ2) is 8.81. The lowest BCUT2D eigenvalue weighted by Crippen LogP contribution is -2.43. The van der Waals surface area contributed by atoms with Crippen LogP contribution < -0.4 is 4.72 Å². The molecule has 1 fully saturated rings. The van der Waals surface area contributed by atoms with Crippen LogP contribution in [0.1, 0.15) is 11.6 Å². The average molecular weight is 431 g/mol. The van der Waals surface area contributed by atoms with Crippen LogP contribution in [0.4, 0.5) is 0 Å². The van der Waals surface area contributed by atoms with Gasteiger partial charge in [-0.2, -0.15) is 0 Å². The van der Waals surface area contributed by atoms with Crippen molar-refractivity contribution >= 4 is 32.4 Å². The molecule has 3 aromatic carbocycles. The molecule has 1 aliphatic rings. The van der Waals surface area contributed by atoms with Crippen LogP contribution in [-0.2, 0) is 14.8 Å². The van der Waals surface area contributed by atoms with Crippen molar-refractivity contribution in [3.63, 3.8) is 0 Å². The molecule has 1 N–H and O–H groups in total. The Morgan fingerprint density at radius 2 is 1.66 bits per heavy atom. The minimum atomic E-state index is -3.64. The number of benzene rings is 3. The number of nitrogens with one attached hydrogen (secondary N) is 1. The quantitative estimate of drug-likeness (QED) is 0.645. The molecule has 0 bridgehead atoms. The molecule has 1 heterocycles. The molecule has 0 aliphatic carbocycles. The molecule has 0 unspecified atom stereocenters. The Labute approximate surface area is 176 Å². The van der Waals surface area contributed by atoms with E-state index < -0.39 is 10.0 Å². The third-order valence-electron chi connectivity index (χ3n) is 5.26. The maximum absolute atomic E-state index is 12.8. The lowest BCUT2D eigenvalue weighted by Gasteiger charge is -2.35. The van der Waals surface area contributed by atoms with E-state index in [1.54, 1.807) is 12.1 Å². The van der Waals surface area contributed by atoms with Crippen LogP contribution in [0.2, 0.25) is 5.02 Å². The SMILES string of the molecule is O=S(=O)(NC[C@@H](c1cccc2ccccc12)N1CCOCC1)c1ccc(Cl)cc1. The van der Waals surface area contributed by atoms with Crippen LogP contribution in [0.15, 0.2) is 71.6 Å². The molecule has 7 heteroatoms. The monoisotopic (exact) mass is 430 g/mol. The Hall–Kier alpha value is -1.96. The van der Waals surface area contributed by atoms with Gasteiger partial charge in [-0.1, -0.05) is 54.1 Å². The number of hydrogen-bond donors (Lipinski definition) is 1. The first-order chi connectivity index (χ1) is 14.0. The summed E-state index contributed by atoms with van der Waals surface area (Å²) in [6.07, 6.45) is 0. The number of rotatable bonds is 6. The van der Waals surface area contributed by atoms with Crippen LogP contribution in [0.5, 0.6) is 0 Å². The van der Waals surface area contributed by atoms with E-state index in [1.807, 2.05) is 18.2 Å². The standard InChI is InChI=1S/C22H23ClN2O3S/c23-18-8-10-19(11-9-18)29(26,27)24-16-22(25-12-14-28-15-13-25)21-7-3-5-17-4-1-2-6-20(17)21/h1-11,22,24H,12-16H2/t22-/m0/s1. The predicted octanol–water partition coefficient (Wildman–Crippen LogP) is 3.85. The molecule has 152 valence electrons. The fourth-order valence-electron chi connectivity index (χ4n) is 3.75. The minimum absolute atomic E-state index is 0.0907. The van der Waals surface area contributed by atoms with Crippen molar-refractivity contribution < 1.29 is 13.2 Å². The van der Waals surface area contributed by atoms with Gasteiger partial charge in [0.05, 0.1) is 18.1 Å². The second-order valence-electron chi connectivity index (χ2n) is 7.04. The highest BCUT2D eigenvalue weighted by atomic mass is 35.5. The predicted molar refractivity (Wildman–Crippen MR) is 116 cm³/mol. The van der Waals surface area contributed by atoms with Crippen molar-refractivity contribution in [3.8, 4) is 0 Å². The molecule has 3 aromatic rings. The Bertz CT molecular complexity index is 1080. The lowest BCUT2D eigenvalue weighted by molar-refractivity contribution is 0.0175. The van der Waals surface area contributed by atoms with E-state index in [0.717, 1.165) is 29.4 Å². The highest BCUT2D eigenvalue weighted by Crippen LogP contribution is 2.29. The molecule has 0 spiro atoms. The molecule has 4 rings (SSSR count). The van der Waals surface area contributed by atoms with E-state index >= 15 is 0 Å². The summed E-state index contributed by atoms with van der Waals surface area (Å²) in [5.41, 5.74) is 1.11. The van der Waals surface area contributed by atoms with Crippen molar-refractivity contribution in [1.82, 2.24) is 9.62 Å². The Morgan fingerprint density at radius 3 is 2.41 bits per heavy atom. The maximum Gasteiger partial charge on any atom is 0.240 e. The first kappa shape index (κ1) is 20.3. The summed E-state index contributed by atoms with van der Waals surface area (Å²) in [6, 6.07) is 20.5. The summed E-state index contributed by atoms with van der Waals surface area (Å²) >= 11 is 5.89. The number of halogens is 1. The number of sulfonamides is 1. The van der Waals surface area contributed by atoms with Crippen LogP contribution in [0, 0.1) is 0 Å². The summed E-state index contributed by atoms with van der Waals surface area (Å²) in [7, 11) is -3.64. The van der Waals surface area contributed by atoms with Crippen LogP contribution in [-0.4, -0.2) is 46.2 Å². The second-order valence-corrected chi connectivity index (χ2v) is 9.24. The Kier molecular flexibility index (Phi) is 6.18. The van der Waals surface area contributed by atoms with E-state index in [4.69, 9.17) is 16.3 Å². The number of hydrogen-bond acceptors (Lipinski definition) is 4. The van der Waals surface area contributed by atoms with Gasteiger partial charge in [0, 0.05) is 30.7 Å². The lowest BCUT2D eigenvalue weighted by atomic mass is 9.97. The third kappa shape index (κ3) is 4.63. The molecule has 0 radical (unpaired) electrons. The molecule has 0 amide bonds. The largest absolute Gasteiger partial charge is 0.379 e. The zero-order valence-corrected chi connectivity index (χ0v) is 17.5. The van der Waals surface area contributed by atoms with Gasteiger partial charge in [0.2, 0.25) is 10.0 Å². The maximum atomic E-state index is 12.8. The van der Waals surface area contributed by atoms with Gasteiger partial charge in [0.15, 0.2) is 0 Å². The number of morpholine rings is 1. The number of nitrogens with zero attached hydrogens (tertiary/aromatic N) is 1. The fourth-order valence-corrected chi connectivity index (χ4v) is 4.92. The normalized spacial score (nSPS) is 16.7. The van der Waals surface area contributed by atoms with Crippen molar-refractivity contribution in [2.24, 2.45) is 0 Å². The summed E-state index contributed by atoms with van der Waals surface area (Å²) in [4.78, 5) is 2.50. The zero-order chi connectivity index (χ0) is 20.3. The topological polar surface area (TPSA) is 58.6 Å². The van der Waals surface area contributed by atoms with Crippen molar-refractivity contribution in [1.29, 1.82) is 0 Å². The fraction of sp³-hybridized carbons (Fsp3) is 0.273. The van der Waals surface area contributed by atoms with Gasteiger partial charge in [-0.25, -0.2) is 13.1 Å². The van der Waals surface area contributed by atoms with E-state index in [2.05, 4.69) is 33.9 Å². The molecule has 1 atom stereocenters. The van der Waals surface area contributed by atoms with Crippen molar-refractivity contribution in [2.45, 2.75) is 10.9 Å². The molecule has 29 heavy (non-hydrogen) atoms. The summed E-state index contributed by atoms with van der Waals surface area (Å²) < 4.78 is 34.0. The molecule has 5 nitrogen and oxygen atoms in total. The first-order valence-electron chi connectivity index (χ1n) is 9.59. The van der Waals surface area contributed by atoms with Gasteiger partial charge in [-0.3, -0.25) is 4.90 Å². The van der Waals surface area contributed by atoms with Gasteiger partial charge in [0.25, 0.3) is 0 Å². The van der Waals surface area contributed by atoms with E-state index in [9.17, 15) is 8.42 Å². The molecule has 1 saturated heterocycles. The van der Waals surface area contributed by atoms with E-state index in [0.29, 0.717) is 18.2 Å². The summed E-state index contributed by atoms with van der Waals surface area (Å²) in [5.74, 6) is 0. The molecular formula is C22H23ClN2O3S. The van der Waals surface area contributed by atoms with Crippen LogP contribution in [0.25, 0.3) is 10.8 Å². The summed E-state index contributed by atoms with van der Waals surface area (Å²) in [6.45, 7) is 3.09. The highest BCUT2D eigenvalue weighted by Gasteiger charge is 2.26. The van der Waals surface area contributed by atoms with E-state index in [1.165, 1.54) is 12.1 Å². The molecular weight excluding hydrogens is 408 g/mol. The smallest absolute Gasteiger partial charge is 0.240 e.